The number of hydrogen-bond acceptors (Lipinski definition) is 6. The van der Waals surface area contributed by atoms with Gasteiger partial charge in [0, 0.05) is 30.2 Å². The molecule has 2 aromatic heterocycles. The lowest BCUT2D eigenvalue weighted by Gasteiger charge is -2.11. The first kappa shape index (κ1) is 17.5. The van der Waals surface area contributed by atoms with Crippen LogP contribution in [-0.2, 0) is 16.4 Å². The summed E-state index contributed by atoms with van der Waals surface area (Å²) in [4.78, 5) is 14.7. The summed E-state index contributed by atoms with van der Waals surface area (Å²) in [6.45, 7) is 0. The lowest BCUT2D eigenvalue weighted by Crippen LogP contribution is -2.20. The summed E-state index contributed by atoms with van der Waals surface area (Å²) in [6, 6.07) is 11.0. The summed E-state index contributed by atoms with van der Waals surface area (Å²) in [5, 5.41) is 15.1. The Morgan fingerprint density at radius 1 is 1.12 bits per heavy atom. The summed E-state index contributed by atoms with van der Waals surface area (Å²) in [7, 11) is -3.74. The maximum atomic E-state index is 12.4. The summed E-state index contributed by atoms with van der Waals surface area (Å²) in [5.74, 6) is 0.0393. The van der Waals surface area contributed by atoms with Crippen LogP contribution in [0.15, 0.2) is 61.1 Å². The Labute approximate surface area is 149 Å². The van der Waals surface area contributed by atoms with E-state index in [0.717, 1.165) is 0 Å². The number of sulfonamides is 1. The SMILES string of the molecule is O=[N+]([O-])c1ccccc1CCS(=O)(=O)Nc1cccnc1-n1cccn1. The van der Waals surface area contributed by atoms with Crippen LogP contribution in [0.25, 0.3) is 5.82 Å². The van der Waals surface area contributed by atoms with Gasteiger partial charge in [0.05, 0.1) is 16.4 Å². The van der Waals surface area contributed by atoms with Crippen molar-refractivity contribution in [1.29, 1.82) is 0 Å². The molecule has 26 heavy (non-hydrogen) atoms. The molecule has 0 saturated carbocycles. The quantitative estimate of drug-likeness (QED) is 0.500. The number of para-hydroxylation sites is 1. The molecule has 0 aliphatic carbocycles. The van der Waals surface area contributed by atoms with Crippen molar-refractivity contribution in [3.05, 3.63) is 76.7 Å². The van der Waals surface area contributed by atoms with Gasteiger partial charge in [0.2, 0.25) is 10.0 Å². The van der Waals surface area contributed by atoms with Crippen molar-refractivity contribution in [1.82, 2.24) is 14.8 Å². The van der Waals surface area contributed by atoms with Gasteiger partial charge in [-0.05, 0) is 24.6 Å². The Bertz CT molecular complexity index is 1020. The second kappa shape index (κ2) is 7.31. The van der Waals surface area contributed by atoms with Gasteiger partial charge in [0.1, 0.15) is 0 Å². The molecular formula is C16H15N5O4S. The van der Waals surface area contributed by atoms with E-state index in [-0.39, 0.29) is 23.5 Å². The van der Waals surface area contributed by atoms with Gasteiger partial charge in [-0.3, -0.25) is 14.8 Å². The number of nitro benzene ring substituents is 1. The molecule has 0 unspecified atom stereocenters. The molecule has 0 atom stereocenters. The van der Waals surface area contributed by atoms with E-state index in [0.29, 0.717) is 11.4 Å². The second-order valence-corrected chi connectivity index (χ2v) is 7.22. The molecule has 0 aliphatic rings. The predicted octanol–water partition coefficient (Wildman–Crippen LogP) is 2.16. The van der Waals surface area contributed by atoms with Crippen molar-refractivity contribution in [2.45, 2.75) is 6.42 Å². The normalized spacial score (nSPS) is 11.2. The van der Waals surface area contributed by atoms with Crippen LogP contribution in [0.2, 0.25) is 0 Å². The number of rotatable bonds is 7. The number of aryl methyl sites for hydroxylation is 1. The first-order valence-electron chi connectivity index (χ1n) is 7.64. The fourth-order valence-corrected chi connectivity index (χ4v) is 3.50. The minimum Gasteiger partial charge on any atom is -0.280 e. The highest BCUT2D eigenvalue weighted by Crippen LogP contribution is 2.21. The zero-order valence-corrected chi connectivity index (χ0v) is 14.3. The van der Waals surface area contributed by atoms with Crippen molar-refractivity contribution < 1.29 is 13.3 Å². The number of hydrogen-bond donors (Lipinski definition) is 1. The van der Waals surface area contributed by atoms with Crippen LogP contribution in [0, 0.1) is 10.1 Å². The van der Waals surface area contributed by atoms with Crippen molar-refractivity contribution in [2.75, 3.05) is 10.5 Å². The third-order valence-corrected chi connectivity index (χ3v) is 4.87. The fourth-order valence-electron chi connectivity index (χ4n) is 2.42. The number of nitro groups is 1. The van der Waals surface area contributed by atoms with E-state index in [1.54, 1.807) is 48.8 Å². The highest BCUT2D eigenvalue weighted by Gasteiger charge is 2.18. The smallest absolute Gasteiger partial charge is 0.272 e. The largest absolute Gasteiger partial charge is 0.280 e. The molecule has 3 rings (SSSR count). The van der Waals surface area contributed by atoms with E-state index in [1.807, 2.05) is 0 Å². The molecule has 0 fully saturated rings. The average Bonchev–Trinajstić information content (AvgIpc) is 3.15. The Kier molecular flexibility index (Phi) is 4.94. The van der Waals surface area contributed by atoms with Gasteiger partial charge < -0.3 is 0 Å². The zero-order chi connectivity index (χ0) is 18.6. The van der Waals surface area contributed by atoms with Gasteiger partial charge >= 0.3 is 0 Å². The van der Waals surface area contributed by atoms with Crippen molar-refractivity contribution in [2.24, 2.45) is 0 Å². The molecule has 1 N–H and O–H groups in total. The van der Waals surface area contributed by atoms with E-state index in [1.165, 1.54) is 16.9 Å². The number of benzene rings is 1. The molecule has 1 aromatic carbocycles. The first-order chi connectivity index (χ1) is 12.5. The van der Waals surface area contributed by atoms with Crippen LogP contribution in [-0.4, -0.2) is 33.9 Å². The summed E-state index contributed by atoms with van der Waals surface area (Å²) < 4.78 is 28.8. The van der Waals surface area contributed by atoms with E-state index < -0.39 is 14.9 Å². The van der Waals surface area contributed by atoms with Crippen molar-refractivity contribution in [3.63, 3.8) is 0 Å². The molecule has 3 aromatic rings. The summed E-state index contributed by atoms with van der Waals surface area (Å²) in [6.07, 6.45) is 4.75. The molecule has 2 heterocycles. The van der Waals surface area contributed by atoms with Crippen LogP contribution < -0.4 is 4.72 Å². The monoisotopic (exact) mass is 373 g/mol. The maximum absolute atomic E-state index is 12.4. The molecule has 134 valence electrons. The Balaban J connectivity index is 1.78. The second-order valence-electron chi connectivity index (χ2n) is 5.38. The summed E-state index contributed by atoms with van der Waals surface area (Å²) in [5.41, 5.74) is 0.543. The minimum absolute atomic E-state index is 0.0177. The molecule has 0 aliphatic heterocycles. The highest BCUT2D eigenvalue weighted by molar-refractivity contribution is 7.92. The van der Waals surface area contributed by atoms with Crippen LogP contribution >= 0.6 is 0 Å². The van der Waals surface area contributed by atoms with Gasteiger partial charge in [-0.25, -0.2) is 18.1 Å². The zero-order valence-electron chi connectivity index (χ0n) is 13.5. The molecule has 0 bridgehead atoms. The maximum Gasteiger partial charge on any atom is 0.272 e. The Hall–Kier alpha value is -3.27. The number of nitrogens with zero attached hydrogens (tertiary/aromatic N) is 4. The molecule has 10 heteroatoms. The lowest BCUT2D eigenvalue weighted by atomic mass is 10.1. The van der Waals surface area contributed by atoms with Crippen LogP contribution in [0.5, 0.6) is 0 Å². The number of pyridine rings is 1. The Morgan fingerprint density at radius 2 is 1.92 bits per heavy atom. The van der Waals surface area contributed by atoms with Gasteiger partial charge in [-0.2, -0.15) is 5.10 Å². The van der Waals surface area contributed by atoms with Crippen LogP contribution in [0.4, 0.5) is 11.4 Å². The van der Waals surface area contributed by atoms with Crippen LogP contribution in [0.1, 0.15) is 5.56 Å². The highest BCUT2D eigenvalue weighted by atomic mass is 32.2. The van der Waals surface area contributed by atoms with E-state index >= 15 is 0 Å². The van der Waals surface area contributed by atoms with Gasteiger partial charge in [-0.1, -0.05) is 18.2 Å². The topological polar surface area (TPSA) is 120 Å². The summed E-state index contributed by atoms with van der Waals surface area (Å²) >= 11 is 0. The molecule has 9 nitrogen and oxygen atoms in total. The molecular weight excluding hydrogens is 358 g/mol. The fraction of sp³-hybridized carbons (Fsp3) is 0.125. The van der Waals surface area contributed by atoms with Gasteiger partial charge in [0.25, 0.3) is 5.69 Å². The number of anilines is 1. The van der Waals surface area contributed by atoms with E-state index in [9.17, 15) is 18.5 Å². The van der Waals surface area contributed by atoms with E-state index in [4.69, 9.17) is 0 Å². The van der Waals surface area contributed by atoms with Gasteiger partial charge in [0.15, 0.2) is 5.82 Å². The number of aromatic nitrogens is 3. The van der Waals surface area contributed by atoms with E-state index in [2.05, 4.69) is 14.8 Å². The third-order valence-electron chi connectivity index (χ3n) is 3.60. The van der Waals surface area contributed by atoms with Crippen LogP contribution in [0.3, 0.4) is 0 Å². The molecule has 0 amide bonds. The van der Waals surface area contributed by atoms with Gasteiger partial charge in [-0.15, -0.1) is 0 Å². The predicted molar refractivity (Wildman–Crippen MR) is 95.6 cm³/mol. The molecule has 0 radical (unpaired) electrons. The first-order valence-corrected chi connectivity index (χ1v) is 9.29. The Morgan fingerprint density at radius 3 is 2.65 bits per heavy atom. The molecule has 0 spiro atoms. The standard InChI is InChI=1S/C16H15N5O4S/c22-21(23)15-7-2-1-5-13(15)8-12-26(24,25)19-14-6-3-9-17-16(14)20-11-4-10-18-20/h1-7,9-11,19H,8,12H2. The molecule has 0 saturated heterocycles. The lowest BCUT2D eigenvalue weighted by molar-refractivity contribution is -0.385. The average molecular weight is 373 g/mol. The third kappa shape index (κ3) is 4.03. The van der Waals surface area contributed by atoms with Crippen molar-refractivity contribution >= 4 is 21.4 Å². The van der Waals surface area contributed by atoms with Crippen molar-refractivity contribution in [3.8, 4) is 5.82 Å². The number of nitrogens with one attached hydrogen (secondary N) is 1. The minimum atomic E-state index is -3.74.